The van der Waals surface area contributed by atoms with Crippen molar-refractivity contribution >= 4 is 5.82 Å². The predicted octanol–water partition coefficient (Wildman–Crippen LogP) is 3.07. The molecule has 0 amide bonds. The van der Waals surface area contributed by atoms with Crippen molar-refractivity contribution < 1.29 is 0 Å². The molecule has 0 bridgehead atoms. The van der Waals surface area contributed by atoms with Crippen LogP contribution in [0.5, 0.6) is 0 Å². The molecule has 0 aliphatic heterocycles. The highest BCUT2D eigenvalue weighted by atomic mass is 15.5. The lowest BCUT2D eigenvalue weighted by Crippen LogP contribution is -2.27. The summed E-state index contributed by atoms with van der Waals surface area (Å²) < 4.78 is 1.98. The minimum atomic E-state index is 0.618. The van der Waals surface area contributed by atoms with Gasteiger partial charge in [0.1, 0.15) is 5.82 Å². The second-order valence-electron chi connectivity index (χ2n) is 5.11. The summed E-state index contributed by atoms with van der Waals surface area (Å²) in [6.45, 7) is 5.42. The van der Waals surface area contributed by atoms with E-state index >= 15 is 0 Å². The summed E-state index contributed by atoms with van der Waals surface area (Å²) in [6, 6.07) is 0.618. The maximum atomic E-state index is 4.11. The molecule has 0 unspecified atom stereocenters. The third-order valence-electron chi connectivity index (χ3n) is 3.83. The molecule has 1 aromatic rings. The van der Waals surface area contributed by atoms with Crippen LogP contribution in [0.15, 0.2) is 6.20 Å². The summed E-state index contributed by atoms with van der Waals surface area (Å²) in [5, 5.41) is 11.7. The highest BCUT2D eigenvalue weighted by Crippen LogP contribution is 2.28. The Morgan fingerprint density at radius 1 is 1.29 bits per heavy atom. The highest BCUT2D eigenvalue weighted by Gasteiger charge is 2.20. The maximum Gasteiger partial charge on any atom is 0.145 e. The molecule has 0 spiro atoms. The van der Waals surface area contributed by atoms with Crippen LogP contribution < -0.4 is 5.32 Å². The van der Waals surface area contributed by atoms with Gasteiger partial charge >= 0.3 is 0 Å². The summed E-state index contributed by atoms with van der Waals surface area (Å²) in [7, 11) is 0. The largest absolute Gasteiger partial charge is 0.366 e. The Kier molecular flexibility index (Phi) is 4.40. The second kappa shape index (κ2) is 6.03. The lowest BCUT2D eigenvalue weighted by molar-refractivity contribution is 0.329. The monoisotopic (exact) mass is 236 g/mol. The fourth-order valence-corrected chi connectivity index (χ4v) is 2.67. The van der Waals surface area contributed by atoms with Gasteiger partial charge in [-0.3, -0.25) is 0 Å². The van der Waals surface area contributed by atoms with E-state index in [0.717, 1.165) is 24.7 Å². The number of aromatic nitrogens is 3. The lowest BCUT2D eigenvalue weighted by atomic mass is 9.84. The summed E-state index contributed by atoms with van der Waals surface area (Å²) in [6.07, 6.45) is 9.59. The Labute approximate surface area is 104 Å². The molecule has 1 aliphatic carbocycles. The van der Waals surface area contributed by atoms with Crippen LogP contribution in [0.3, 0.4) is 0 Å². The van der Waals surface area contributed by atoms with Gasteiger partial charge in [0.25, 0.3) is 0 Å². The molecule has 1 aromatic heterocycles. The van der Waals surface area contributed by atoms with E-state index in [2.05, 4.69) is 29.5 Å². The summed E-state index contributed by atoms with van der Waals surface area (Å²) in [4.78, 5) is 0. The molecule has 0 atom stereocenters. The van der Waals surface area contributed by atoms with Crippen molar-refractivity contribution in [3.05, 3.63) is 6.20 Å². The van der Waals surface area contributed by atoms with Crippen LogP contribution in [0.1, 0.15) is 52.4 Å². The van der Waals surface area contributed by atoms with Crippen LogP contribution in [0, 0.1) is 5.92 Å². The minimum Gasteiger partial charge on any atom is -0.366 e. The molecule has 0 radical (unpaired) electrons. The average molecular weight is 236 g/mol. The van der Waals surface area contributed by atoms with Crippen molar-refractivity contribution in [1.29, 1.82) is 0 Å². The van der Waals surface area contributed by atoms with Gasteiger partial charge in [0, 0.05) is 12.6 Å². The van der Waals surface area contributed by atoms with Gasteiger partial charge in [-0.1, -0.05) is 25.5 Å². The molecular weight excluding hydrogens is 212 g/mol. The van der Waals surface area contributed by atoms with Gasteiger partial charge < -0.3 is 5.32 Å². The molecule has 0 saturated heterocycles. The van der Waals surface area contributed by atoms with Crippen LogP contribution in [0.4, 0.5) is 5.82 Å². The molecule has 1 aliphatic rings. The van der Waals surface area contributed by atoms with E-state index < -0.39 is 0 Å². The van der Waals surface area contributed by atoms with Crippen LogP contribution in [0.25, 0.3) is 0 Å². The van der Waals surface area contributed by atoms with Crippen molar-refractivity contribution in [3.63, 3.8) is 0 Å². The number of hydrogen-bond acceptors (Lipinski definition) is 3. The fraction of sp³-hybridized carbons (Fsp3) is 0.846. The van der Waals surface area contributed by atoms with Crippen molar-refractivity contribution in [3.8, 4) is 0 Å². The quantitative estimate of drug-likeness (QED) is 0.854. The molecule has 1 fully saturated rings. The number of hydrogen-bond donors (Lipinski definition) is 1. The summed E-state index contributed by atoms with van der Waals surface area (Å²) in [5.41, 5.74) is 0. The highest BCUT2D eigenvalue weighted by molar-refractivity contribution is 5.32. The van der Waals surface area contributed by atoms with E-state index in [1.54, 1.807) is 0 Å². The molecular formula is C13H24N4. The van der Waals surface area contributed by atoms with Gasteiger partial charge in [-0.2, -0.15) is 0 Å². The Bertz CT molecular complexity index is 326. The first-order valence-electron chi connectivity index (χ1n) is 6.98. The molecule has 96 valence electrons. The van der Waals surface area contributed by atoms with E-state index in [1.165, 1.54) is 32.1 Å². The van der Waals surface area contributed by atoms with Crippen LogP contribution in [-0.2, 0) is 6.54 Å². The molecule has 1 heterocycles. The minimum absolute atomic E-state index is 0.618. The Morgan fingerprint density at radius 3 is 2.71 bits per heavy atom. The van der Waals surface area contributed by atoms with Crippen LogP contribution in [-0.4, -0.2) is 21.0 Å². The van der Waals surface area contributed by atoms with E-state index in [1.807, 2.05) is 10.9 Å². The van der Waals surface area contributed by atoms with E-state index in [-0.39, 0.29) is 0 Å². The molecule has 17 heavy (non-hydrogen) atoms. The molecule has 4 nitrogen and oxygen atoms in total. The second-order valence-corrected chi connectivity index (χ2v) is 5.11. The van der Waals surface area contributed by atoms with Crippen molar-refractivity contribution in [1.82, 2.24) is 15.0 Å². The zero-order valence-corrected chi connectivity index (χ0v) is 11.0. The third-order valence-corrected chi connectivity index (χ3v) is 3.83. The fourth-order valence-electron chi connectivity index (χ4n) is 2.67. The summed E-state index contributed by atoms with van der Waals surface area (Å²) in [5.74, 6) is 2.04. The maximum absolute atomic E-state index is 4.11. The zero-order chi connectivity index (χ0) is 12.1. The number of aryl methyl sites for hydroxylation is 1. The first kappa shape index (κ1) is 12.4. The Morgan fingerprint density at radius 2 is 2.06 bits per heavy atom. The number of nitrogens with one attached hydrogen (secondary N) is 1. The standard InChI is InChI=1S/C13H24N4/c1-3-9-17-13(10-14-16-17)15-12-7-5-11(4-2)6-8-12/h10-12,15H,3-9H2,1-2H3. The van der Waals surface area contributed by atoms with E-state index in [9.17, 15) is 0 Å². The van der Waals surface area contributed by atoms with Gasteiger partial charge in [0.15, 0.2) is 0 Å². The Balaban J connectivity index is 1.86. The Hall–Kier alpha value is -1.06. The SMILES string of the molecule is CCCn1nncc1NC1CCC(CC)CC1. The molecule has 1 N–H and O–H groups in total. The molecule has 1 saturated carbocycles. The average Bonchev–Trinajstić information content (AvgIpc) is 2.78. The summed E-state index contributed by atoms with van der Waals surface area (Å²) >= 11 is 0. The number of rotatable bonds is 5. The van der Waals surface area contributed by atoms with Crippen molar-refractivity contribution in [2.45, 2.75) is 65.0 Å². The smallest absolute Gasteiger partial charge is 0.145 e. The van der Waals surface area contributed by atoms with Crippen LogP contribution >= 0.6 is 0 Å². The van der Waals surface area contributed by atoms with E-state index in [0.29, 0.717) is 6.04 Å². The predicted molar refractivity (Wildman–Crippen MR) is 70.0 cm³/mol. The van der Waals surface area contributed by atoms with Crippen molar-refractivity contribution in [2.24, 2.45) is 5.92 Å². The first-order chi connectivity index (χ1) is 8.33. The zero-order valence-electron chi connectivity index (χ0n) is 11.0. The normalized spacial score (nSPS) is 24.8. The topological polar surface area (TPSA) is 42.7 Å². The molecule has 2 rings (SSSR count). The lowest BCUT2D eigenvalue weighted by Gasteiger charge is -2.28. The van der Waals surface area contributed by atoms with Crippen LogP contribution in [0.2, 0.25) is 0 Å². The first-order valence-corrected chi connectivity index (χ1v) is 6.98. The van der Waals surface area contributed by atoms with Gasteiger partial charge in [-0.05, 0) is 38.0 Å². The number of nitrogens with zero attached hydrogens (tertiary/aromatic N) is 3. The van der Waals surface area contributed by atoms with Gasteiger partial charge in [-0.15, -0.1) is 5.10 Å². The van der Waals surface area contributed by atoms with Gasteiger partial charge in [0.2, 0.25) is 0 Å². The number of anilines is 1. The van der Waals surface area contributed by atoms with Gasteiger partial charge in [-0.25, -0.2) is 4.68 Å². The molecule has 0 aromatic carbocycles. The third kappa shape index (κ3) is 3.20. The van der Waals surface area contributed by atoms with E-state index in [4.69, 9.17) is 0 Å². The molecule has 4 heteroatoms. The van der Waals surface area contributed by atoms with Gasteiger partial charge in [0.05, 0.1) is 6.20 Å². The van der Waals surface area contributed by atoms with Crippen molar-refractivity contribution in [2.75, 3.05) is 5.32 Å².